The van der Waals surface area contributed by atoms with Gasteiger partial charge in [0.25, 0.3) is 5.91 Å². The largest absolute Gasteiger partial charge is 0.465 e. The van der Waals surface area contributed by atoms with Gasteiger partial charge in [0.15, 0.2) is 0 Å². The highest BCUT2D eigenvalue weighted by Gasteiger charge is 2.27. The number of nitrogens with one attached hydrogen (secondary N) is 1. The van der Waals surface area contributed by atoms with E-state index in [4.69, 9.17) is 16.0 Å². The molecule has 1 aliphatic heterocycles. The third kappa shape index (κ3) is 4.65. The monoisotopic (exact) mass is 360 g/mol. The Balaban J connectivity index is 1.70. The maximum absolute atomic E-state index is 12.5. The smallest absolute Gasteiger partial charge is 0.251 e. The van der Waals surface area contributed by atoms with Crippen LogP contribution in [0.15, 0.2) is 40.8 Å². The van der Waals surface area contributed by atoms with Crippen molar-refractivity contribution in [1.29, 1.82) is 0 Å². The van der Waals surface area contributed by atoms with Gasteiger partial charge < -0.3 is 9.73 Å². The van der Waals surface area contributed by atoms with Crippen LogP contribution in [0.1, 0.15) is 47.7 Å². The van der Waals surface area contributed by atoms with Crippen LogP contribution in [-0.4, -0.2) is 30.4 Å². The number of furan rings is 1. The number of halogens is 1. The van der Waals surface area contributed by atoms with Crippen LogP contribution in [0.4, 0.5) is 0 Å². The molecule has 25 heavy (non-hydrogen) atoms. The van der Waals surface area contributed by atoms with Crippen molar-refractivity contribution in [2.45, 2.75) is 32.7 Å². The lowest BCUT2D eigenvalue weighted by atomic mass is 9.97. The summed E-state index contributed by atoms with van der Waals surface area (Å²) in [6.45, 7) is 6.82. The predicted molar refractivity (Wildman–Crippen MR) is 99.9 cm³/mol. The van der Waals surface area contributed by atoms with E-state index < -0.39 is 0 Å². The quantitative estimate of drug-likeness (QED) is 0.857. The summed E-state index contributed by atoms with van der Waals surface area (Å²) >= 11 is 5.98. The van der Waals surface area contributed by atoms with Gasteiger partial charge in [0.2, 0.25) is 0 Å². The summed E-state index contributed by atoms with van der Waals surface area (Å²) in [6.07, 6.45) is 2.36. The molecule has 1 atom stereocenters. The number of benzene rings is 1. The molecule has 0 saturated carbocycles. The number of hydrogen-bond acceptors (Lipinski definition) is 3. The summed E-state index contributed by atoms with van der Waals surface area (Å²) in [5.41, 5.74) is 0.578. The summed E-state index contributed by atoms with van der Waals surface area (Å²) in [4.78, 5) is 14.9. The summed E-state index contributed by atoms with van der Waals surface area (Å²) in [5.74, 6) is 2.46. The van der Waals surface area contributed by atoms with Gasteiger partial charge in [0.1, 0.15) is 11.5 Å². The van der Waals surface area contributed by atoms with Crippen molar-refractivity contribution in [1.82, 2.24) is 10.2 Å². The van der Waals surface area contributed by atoms with E-state index in [1.807, 2.05) is 19.1 Å². The fraction of sp³-hybridized carbons (Fsp3) is 0.450. The first-order valence-corrected chi connectivity index (χ1v) is 9.25. The number of aryl methyl sites for hydroxylation is 1. The van der Waals surface area contributed by atoms with Crippen molar-refractivity contribution in [3.8, 4) is 0 Å². The van der Waals surface area contributed by atoms with Gasteiger partial charge in [-0.05, 0) is 69.1 Å². The van der Waals surface area contributed by atoms with Gasteiger partial charge in [-0.15, -0.1) is 0 Å². The Morgan fingerprint density at radius 2 is 2.08 bits per heavy atom. The molecule has 0 unspecified atom stereocenters. The Hall–Kier alpha value is -1.78. The Labute approximate surface area is 154 Å². The van der Waals surface area contributed by atoms with Gasteiger partial charge in [-0.1, -0.05) is 24.6 Å². The van der Waals surface area contributed by atoms with Crippen LogP contribution in [0.2, 0.25) is 5.02 Å². The number of nitrogens with zero attached hydrogens (tertiary/aromatic N) is 1. The van der Waals surface area contributed by atoms with E-state index >= 15 is 0 Å². The zero-order valence-electron chi connectivity index (χ0n) is 14.8. The van der Waals surface area contributed by atoms with Crippen LogP contribution < -0.4 is 5.32 Å². The third-order valence-corrected chi connectivity index (χ3v) is 5.13. The second-order valence-corrected chi connectivity index (χ2v) is 7.34. The molecule has 1 amide bonds. The van der Waals surface area contributed by atoms with Gasteiger partial charge in [0, 0.05) is 17.1 Å². The van der Waals surface area contributed by atoms with Crippen molar-refractivity contribution in [2.75, 3.05) is 19.6 Å². The van der Waals surface area contributed by atoms with Gasteiger partial charge >= 0.3 is 0 Å². The Morgan fingerprint density at radius 3 is 2.72 bits per heavy atom. The molecular weight excluding hydrogens is 336 g/mol. The fourth-order valence-electron chi connectivity index (χ4n) is 3.30. The molecule has 4 nitrogen and oxygen atoms in total. The molecule has 3 rings (SSSR count). The number of amides is 1. The van der Waals surface area contributed by atoms with Crippen LogP contribution in [0.25, 0.3) is 0 Å². The molecular formula is C20H25ClN2O2. The number of carbonyl (C=O) groups excluding carboxylic acids is 1. The first-order valence-electron chi connectivity index (χ1n) is 8.87. The maximum Gasteiger partial charge on any atom is 0.251 e. The Kier molecular flexibility index (Phi) is 5.82. The molecule has 0 bridgehead atoms. The van der Waals surface area contributed by atoms with Gasteiger partial charge in [0.05, 0.1) is 6.04 Å². The topological polar surface area (TPSA) is 45.5 Å². The zero-order valence-corrected chi connectivity index (χ0v) is 15.6. The van der Waals surface area contributed by atoms with Crippen molar-refractivity contribution in [3.63, 3.8) is 0 Å². The van der Waals surface area contributed by atoms with E-state index in [-0.39, 0.29) is 11.9 Å². The molecule has 1 saturated heterocycles. The lowest BCUT2D eigenvalue weighted by Crippen LogP contribution is -2.41. The second kappa shape index (κ2) is 8.07. The van der Waals surface area contributed by atoms with Gasteiger partial charge in [-0.2, -0.15) is 0 Å². The highest BCUT2D eigenvalue weighted by molar-refractivity contribution is 6.30. The fourth-order valence-corrected chi connectivity index (χ4v) is 3.49. The zero-order chi connectivity index (χ0) is 17.8. The number of likely N-dealkylation sites (tertiary alicyclic amines) is 1. The second-order valence-electron chi connectivity index (χ2n) is 6.90. The minimum absolute atomic E-state index is 0.0596. The Morgan fingerprint density at radius 1 is 1.32 bits per heavy atom. The average Bonchev–Trinajstić information content (AvgIpc) is 3.02. The van der Waals surface area contributed by atoms with E-state index in [2.05, 4.69) is 17.1 Å². The van der Waals surface area contributed by atoms with E-state index in [1.165, 1.54) is 12.8 Å². The molecule has 1 fully saturated rings. The SMILES string of the molecule is Cc1ccc([C@@H](CNC(=O)c2cccc(Cl)c2)N2CCC(C)CC2)o1. The molecule has 0 radical (unpaired) electrons. The molecule has 1 aromatic heterocycles. The molecule has 1 aliphatic rings. The number of hydrogen-bond donors (Lipinski definition) is 1. The van der Waals surface area contributed by atoms with Crippen molar-refractivity contribution >= 4 is 17.5 Å². The van der Waals surface area contributed by atoms with Crippen LogP contribution in [0.5, 0.6) is 0 Å². The van der Waals surface area contributed by atoms with Crippen LogP contribution in [-0.2, 0) is 0 Å². The van der Waals surface area contributed by atoms with Crippen LogP contribution in [0.3, 0.4) is 0 Å². The molecule has 1 N–H and O–H groups in total. The first kappa shape index (κ1) is 18.0. The highest BCUT2D eigenvalue weighted by atomic mass is 35.5. The van der Waals surface area contributed by atoms with E-state index in [0.29, 0.717) is 17.1 Å². The van der Waals surface area contributed by atoms with E-state index in [1.54, 1.807) is 24.3 Å². The Bertz CT molecular complexity index is 720. The van der Waals surface area contributed by atoms with Gasteiger partial charge in [-0.3, -0.25) is 9.69 Å². The minimum atomic E-state index is -0.110. The molecule has 0 spiro atoms. The predicted octanol–water partition coefficient (Wildman–Crippen LogP) is 4.44. The number of piperidine rings is 1. The molecule has 0 aliphatic carbocycles. The standard InChI is InChI=1S/C20H25ClN2O2/c1-14-8-10-23(11-9-14)18(19-7-6-15(2)25-19)13-22-20(24)16-4-3-5-17(21)12-16/h3-7,12,14,18H,8-11,13H2,1-2H3,(H,22,24)/t18-/m1/s1. The normalized spacial score (nSPS) is 17.4. The van der Waals surface area contributed by atoms with Crippen LogP contribution in [0, 0.1) is 12.8 Å². The van der Waals surface area contributed by atoms with Crippen molar-refractivity contribution in [2.24, 2.45) is 5.92 Å². The minimum Gasteiger partial charge on any atom is -0.465 e. The van der Waals surface area contributed by atoms with Crippen molar-refractivity contribution in [3.05, 3.63) is 58.5 Å². The van der Waals surface area contributed by atoms with E-state index in [0.717, 1.165) is 30.5 Å². The molecule has 2 heterocycles. The summed E-state index contributed by atoms with van der Waals surface area (Å²) in [7, 11) is 0. The highest BCUT2D eigenvalue weighted by Crippen LogP contribution is 2.27. The molecule has 1 aromatic carbocycles. The number of carbonyl (C=O) groups is 1. The molecule has 5 heteroatoms. The number of rotatable bonds is 5. The lowest BCUT2D eigenvalue weighted by molar-refractivity contribution is 0.0895. The summed E-state index contributed by atoms with van der Waals surface area (Å²) in [6, 6.07) is 11.1. The van der Waals surface area contributed by atoms with Crippen molar-refractivity contribution < 1.29 is 9.21 Å². The van der Waals surface area contributed by atoms with Gasteiger partial charge in [-0.25, -0.2) is 0 Å². The lowest BCUT2D eigenvalue weighted by Gasteiger charge is -2.35. The molecule has 134 valence electrons. The average molecular weight is 361 g/mol. The summed E-state index contributed by atoms with van der Waals surface area (Å²) in [5, 5.41) is 3.61. The third-order valence-electron chi connectivity index (χ3n) is 4.89. The molecule has 2 aromatic rings. The van der Waals surface area contributed by atoms with Crippen LogP contribution >= 0.6 is 11.6 Å². The first-order chi connectivity index (χ1) is 12.0. The summed E-state index contributed by atoms with van der Waals surface area (Å²) < 4.78 is 5.87. The maximum atomic E-state index is 12.5. The van der Waals surface area contributed by atoms with E-state index in [9.17, 15) is 4.79 Å².